The summed E-state index contributed by atoms with van der Waals surface area (Å²) in [5.41, 5.74) is 0.806. The quantitative estimate of drug-likeness (QED) is 0.627. The lowest BCUT2D eigenvalue weighted by atomic mass is 10.1. The van der Waals surface area contributed by atoms with Crippen molar-refractivity contribution in [2.24, 2.45) is 0 Å². The van der Waals surface area contributed by atoms with Crippen LogP contribution in [-0.2, 0) is 4.79 Å². The first-order valence-corrected chi connectivity index (χ1v) is 8.85. The first-order valence-electron chi connectivity index (χ1n) is 8.85. The molecular formula is C19H20F2N4O3. The molecule has 2 aromatic rings. The van der Waals surface area contributed by atoms with Crippen molar-refractivity contribution in [3.63, 3.8) is 0 Å². The zero-order valence-electron chi connectivity index (χ0n) is 15.3. The zero-order chi connectivity index (χ0) is 20.3. The normalized spacial score (nSPS) is 15.9. The predicted octanol–water partition coefficient (Wildman–Crippen LogP) is 3.02. The minimum absolute atomic E-state index is 0.0556. The van der Waals surface area contributed by atoms with Gasteiger partial charge in [0.1, 0.15) is 5.69 Å². The van der Waals surface area contributed by atoms with Crippen LogP contribution < -0.4 is 10.2 Å². The third-order valence-electron chi connectivity index (χ3n) is 4.85. The van der Waals surface area contributed by atoms with E-state index in [1.807, 2.05) is 9.80 Å². The van der Waals surface area contributed by atoms with Crippen LogP contribution >= 0.6 is 0 Å². The molecule has 1 N–H and O–H groups in total. The minimum Gasteiger partial charge on any atom is -0.363 e. The number of benzene rings is 2. The maximum atomic E-state index is 13.3. The average Bonchev–Trinajstić information content (AvgIpc) is 2.70. The van der Waals surface area contributed by atoms with Crippen molar-refractivity contribution in [2.75, 3.05) is 36.4 Å². The molecule has 0 aliphatic carbocycles. The molecule has 0 aromatic heterocycles. The molecule has 1 unspecified atom stereocenters. The van der Waals surface area contributed by atoms with E-state index >= 15 is 0 Å². The second kappa shape index (κ2) is 8.30. The first-order chi connectivity index (χ1) is 13.4. The number of rotatable bonds is 5. The monoisotopic (exact) mass is 390 g/mol. The molecule has 1 aliphatic heterocycles. The third kappa shape index (κ3) is 4.25. The number of hydrogen-bond donors (Lipinski definition) is 1. The van der Waals surface area contributed by atoms with Gasteiger partial charge in [-0.25, -0.2) is 8.78 Å². The summed E-state index contributed by atoms with van der Waals surface area (Å²) in [6, 6.07) is 9.28. The van der Waals surface area contributed by atoms with Gasteiger partial charge >= 0.3 is 0 Å². The molecule has 148 valence electrons. The highest BCUT2D eigenvalue weighted by atomic mass is 19.2. The van der Waals surface area contributed by atoms with Gasteiger partial charge in [-0.1, -0.05) is 12.1 Å². The van der Waals surface area contributed by atoms with Gasteiger partial charge in [-0.3, -0.25) is 19.8 Å². The molecule has 3 rings (SSSR count). The molecule has 2 aromatic carbocycles. The molecule has 0 bridgehead atoms. The number of anilines is 2. The van der Waals surface area contributed by atoms with Gasteiger partial charge in [0.15, 0.2) is 11.6 Å². The number of piperazine rings is 1. The average molecular weight is 390 g/mol. The number of halogens is 2. The van der Waals surface area contributed by atoms with Gasteiger partial charge in [0.25, 0.3) is 5.69 Å². The Labute approximate surface area is 160 Å². The maximum absolute atomic E-state index is 13.3. The Morgan fingerprint density at radius 3 is 2.43 bits per heavy atom. The van der Waals surface area contributed by atoms with E-state index in [0.29, 0.717) is 31.9 Å². The Hall–Kier alpha value is -3.07. The van der Waals surface area contributed by atoms with E-state index in [0.717, 1.165) is 12.1 Å². The summed E-state index contributed by atoms with van der Waals surface area (Å²) >= 11 is 0. The van der Waals surface area contributed by atoms with Crippen LogP contribution in [-0.4, -0.2) is 48.0 Å². The molecular weight excluding hydrogens is 370 g/mol. The minimum atomic E-state index is -1.02. The Bertz CT molecular complexity index is 885. The number of nitrogens with one attached hydrogen (secondary N) is 1. The number of para-hydroxylation sites is 2. The molecule has 1 aliphatic rings. The number of nitro groups is 1. The van der Waals surface area contributed by atoms with Crippen molar-refractivity contribution in [1.29, 1.82) is 0 Å². The Morgan fingerprint density at radius 1 is 1.11 bits per heavy atom. The number of carbonyl (C=O) groups is 1. The summed E-state index contributed by atoms with van der Waals surface area (Å²) in [5.74, 6) is -2.33. The molecule has 1 heterocycles. The van der Waals surface area contributed by atoms with Gasteiger partial charge in [0.05, 0.1) is 11.0 Å². The van der Waals surface area contributed by atoms with Gasteiger partial charge in [-0.15, -0.1) is 0 Å². The smallest absolute Gasteiger partial charge is 0.292 e. The Morgan fingerprint density at radius 2 is 1.79 bits per heavy atom. The molecule has 28 heavy (non-hydrogen) atoms. The Balaban J connectivity index is 1.60. The highest BCUT2D eigenvalue weighted by Gasteiger charge is 2.28. The Kier molecular flexibility index (Phi) is 5.84. The molecule has 0 radical (unpaired) electrons. The highest BCUT2D eigenvalue weighted by molar-refractivity contribution is 5.94. The van der Waals surface area contributed by atoms with Gasteiger partial charge < -0.3 is 10.2 Å². The van der Waals surface area contributed by atoms with Crippen molar-refractivity contribution >= 4 is 23.0 Å². The lowest BCUT2D eigenvalue weighted by molar-refractivity contribution is -0.384. The lowest BCUT2D eigenvalue weighted by Crippen LogP contribution is -2.53. The number of nitro benzene ring substituents is 1. The molecule has 0 spiro atoms. The number of amides is 1. The van der Waals surface area contributed by atoms with Crippen molar-refractivity contribution < 1.29 is 18.5 Å². The summed E-state index contributed by atoms with van der Waals surface area (Å²) in [5, 5.41) is 13.8. The lowest BCUT2D eigenvalue weighted by Gasteiger charge is -2.38. The number of carbonyl (C=O) groups excluding carboxylic acids is 1. The van der Waals surface area contributed by atoms with E-state index < -0.39 is 22.6 Å². The fraction of sp³-hybridized carbons (Fsp3) is 0.316. The van der Waals surface area contributed by atoms with Gasteiger partial charge in [-0.05, 0) is 25.1 Å². The molecule has 1 atom stereocenters. The summed E-state index contributed by atoms with van der Waals surface area (Å²) < 4.78 is 26.3. The van der Waals surface area contributed by atoms with E-state index in [2.05, 4.69) is 5.32 Å². The van der Waals surface area contributed by atoms with Crippen molar-refractivity contribution in [3.8, 4) is 0 Å². The van der Waals surface area contributed by atoms with Gasteiger partial charge in [-0.2, -0.15) is 0 Å². The molecule has 1 fully saturated rings. The van der Waals surface area contributed by atoms with E-state index in [1.165, 1.54) is 12.1 Å². The third-order valence-corrected chi connectivity index (χ3v) is 4.85. The van der Waals surface area contributed by atoms with Crippen LogP contribution in [0.4, 0.5) is 25.8 Å². The SMILES string of the molecule is CC(C(=O)Nc1ccc(F)c(F)c1)N1CCN(c2ccccc2[N+](=O)[O-])CC1. The first kappa shape index (κ1) is 19.7. The predicted molar refractivity (Wildman–Crippen MR) is 101 cm³/mol. The van der Waals surface area contributed by atoms with Crippen LogP contribution in [0.1, 0.15) is 6.92 Å². The standard InChI is InChI=1S/C19H20F2N4O3/c1-13(19(26)22-14-6-7-15(20)16(21)12-14)23-8-10-24(11-9-23)17-4-2-3-5-18(17)25(27)28/h2-7,12-13H,8-11H2,1H3,(H,22,26). The van der Waals surface area contributed by atoms with Crippen molar-refractivity contribution in [1.82, 2.24) is 4.90 Å². The van der Waals surface area contributed by atoms with Crippen LogP contribution in [0.5, 0.6) is 0 Å². The fourth-order valence-corrected chi connectivity index (χ4v) is 3.22. The number of nitrogens with zero attached hydrogens (tertiary/aromatic N) is 3. The molecule has 7 nitrogen and oxygen atoms in total. The molecule has 9 heteroatoms. The van der Waals surface area contributed by atoms with Crippen LogP contribution in [0.3, 0.4) is 0 Å². The molecule has 0 saturated carbocycles. The second-order valence-electron chi connectivity index (χ2n) is 6.56. The fourth-order valence-electron chi connectivity index (χ4n) is 3.22. The molecule has 1 saturated heterocycles. The molecule has 1 amide bonds. The summed E-state index contributed by atoms with van der Waals surface area (Å²) in [4.78, 5) is 27.1. The second-order valence-corrected chi connectivity index (χ2v) is 6.56. The van der Waals surface area contributed by atoms with Crippen molar-refractivity contribution in [3.05, 3.63) is 64.2 Å². The van der Waals surface area contributed by atoms with E-state index in [1.54, 1.807) is 25.1 Å². The van der Waals surface area contributed by atoms with Crippen LogP contribution in [0, 0.1) is 21.7 Å². The maximum Gasteiger partial charge on any atom is 0.292 e. The summed E-state index contributed by atoms with van der Waals surface area (Å²) in [6.45, 7) is 3.88. The van der Waals surface area contributed by atoms with E-state index in [9.17, 15) is 23.7 Å². The van der Waals surface area contributed by atoms with Crippen LogP contribution in [0.25, 0.3) is 0 Å². The largest absolute Gasteiger partial charge is 0.363 e. The van der Waals surface area contributed by atoms with E-state index in [-0.39, 0.29) is 17.3 Å². The zero-order valence-corrected chi connectivity index (χ0v) is 15.3. The summed E-state index contributed by atoms with van der Waals surface area (Å²) in [6.07, 6.45) is 0. The topological polar surface area (TPSA) is 78.7 Å². The highest BCUT2D eigenvalue weighted by Crippen LogP contribution is 2.28. The van der Waals surface area contributed by atoms with Crippen molar-refractivity contribution in [2.45, 2.75) is 13.0 Å². The van der Waals surface area contributed by atoms with Crippen LogP contribution in [0.2, 0.25) is 0 Å². The summed E-state index contributed by atoms with van der Waals surface area (Å²) in [7, 11) is 0. The number of hydrogen-bond acceptors (Lipinski definition) is 5. The van der Waals surface area contributed by atoms with Gasteiger partial charge in [0, 0.05) is 44.0 Å². The van der Waals surface area contributed by atoms with Crippen LogP contribution in [0.15, 0.2) is 42.5 Å². The van der Waals surface area contributed by atoms with Gasteiger partial charge in [0.2, 0.25) is 5.91 Å². The van der Waals surface area contributed by atoms with E-state index in [4.69, 9.17) is 0 Å².